The van der Waals surface area contributed by atoms with Gasteiger partial charge in [0.15, 0.2) is 4.80 Å². The van der Waals surface area contributed by atoms with Crippen LogP contribution in [0.3, 0.4) is 0 Å². The third-order valence-corrected chi connectivity index (χ3v) is 8.01. The molecule has 1 aliphatic rings. The molecule has 1 N–H and O–H groups in total. The highest BCUT2D eigenvalue weighted by molar-refractivity contribution is 7.98. The molecule has 10 heteroatoms. The summed E-state index contributed by atoms with van der Waals surface area (Å²) in [6.07, 6.45) is 3.61. The molecule has 1 atom stereocenters. The average Bonchev–Trinajstić information content (AvgIpc) is 3.27. The van der Waals surface area contributed by atoms with E-state index in [0.29, 0.717) is 37.5 Å². The monoisotopic (exact) mass is 570 g/mol. The molecule has 0 bridgehead atoms. The lowest BCUT2D eigenvalue weighted by molar-refractivity contribution is -0.139. The summed E-state index contributed by atoms with van der Waals surface area (Å²) in [6, 6.07) is 21.2. The van der Waals surface area contributed by atoms with Gasteiger partial charge in [0.05, 0.1) is 39.8 Å². The first kappa shape index (κ1) is 27.3. The van der Waals surface area contributed by atoms with Crippen LogP contribution in [0.25, 0.3) is 6.08 Å². The summed E-state index contributed by atoms with van der Waals surface area (Å²) in [5.74, 6) is -0.544. The fourth-order valence-corrected chi connectivity index (χ4v) is 5.81. The van der Waals surface area contributed by atoms with E-state index in [1.807, 2.05) is 60.9 Å². The minimum Gasteiger partial charge on any atom is -0.507 e. The van der Waals surface area contributed by atoms with E-state index in [9.17, 15) is 14.7 Å². The van der Waals surface area contributed by atoms with Crippen molar-refractivity contribution in [1.82, 2.24) is 4.57 Å². The Labute approximate surface area is 238 Å². The molecule has 0 amide bonds. The highest BCUT2D eigenvalue weighted by atomic mass is 32.2. The van der Waals surface area contributed by atoms with Crippen molar-refractivity contribution in [2.75, 3.05) is 12.9 Å². The number of hydrogen-bond donors (Lipinski definition) is 1. The number of phenols is 1. The third kappa shape index (κ3) is 5.54. The molecule has 40 heavy (non-hydrogen) atoms. The minimum atomic E-state index is -0.692. The van der Waals surface area contributed by atoms with Gasteiger partial charge in [-0.3, -0.25) is 9.36 Å². The molecule has 0 radical (unpaired) electrons. The molecule has 3 aromatic carbocycles. The molecule has 5 rings (SSSR count). The number of ether oxygens (including phenoxy) is 1. The van der Waals surface area contributed by atoms with Gasteiger partial charge in [-0.1, -0.05) is 41.7 Å². The Kier molecular flexibility index (Phi) is 8.09. The summed E-state index contributed by atoms with van der Waals surface area (Å²) in [6.45, 7) is 3.70. The number of esters is 1. The quantitative estimate of drug-likeness (QED) is 0.176. The molecule has 1 aliphatic heterocycles. The molecule has 2 heterocycles. The summed E-state index contributed by atoms with van der Waals surface area (Å²) in [5, 5.41) is 19.1. The number of rotatable bonds is 7. The number of carbonyl (C=O) groups excluding carboxylic acids is 1. The molecule has 0 unspecified atom stereocenters. The van der Waals surface area contributed by atoms with Crippen molar-refractivity contribution in [3.05, 3.63) is 115 Å². The van der Waals surface area contributed by atoms with Gasteiger partial charge in [-0.05, 0) is 68.1 Å². The van der Waals surface area contributed by atoms with Gasteiger partial charge in [-0.25, -0.2) is 9.79 Å². The van der Waals surface area contributed by atoms with Crippen LogP contribution in [0.5, 0.6) is 5.75 Å². The van der Waals surface area contributed by atoms with Gasteiger partial charge in [0.1, 0.15) is 5.75 Å². The van der Waals surface area contributed by atoms with Gasteiger partial charge >= 0.3 is 5.97 Å². The van der Waals surface area contributed by atoms with E-state index < -0.39 is 12.0 Å². The van der Waals surface area contributed by atoms with Gasteiger partial charge in [0.25, 0.3) is 5.56 Å². The Balaban J connectivity index is 1.57. The Morgan fingerprint density at radius 2 is 1.82 bits per heavy atom. The van der Waals surface area contributed by atoms with E-state index in [1.165, 1.54) is 22.0 Å². The third-order valence-electron chi connectivity index (χ3n) is 6.29. The number of aromatic hydroxyl groups is 1. The fraction of sp³-hybridized carbons (Fsp3) is 0.167. The van der Waals surface area contributed by atoms with E-state index in [-0.39, 0.29) is 17.9 Å². The molecule has 0 spiro atoms. The zero-order chi connectivity index (χ0) is 28.2. The maximum atomic E-state index is 13.8. The lowest BCUT2D eigenvalue weighted by atomic mass is 9.96. The van der Waals surface area contributed by atoms with Gasteiger partial charge < -0.3 is 9.84 Å². The maximum Gasteiger partial charge on any atom is 0.338 e. The highest BCUT2D eigenvalue weighted by Gasteiger charge is 2.33. The van der Waals surface area contributed by atoms with Crippen LogP contribution in [-0.4, -0.2) is 28.5 Å². The number of thioether (sulfide) groups is 1. The summed E-state index contributed by atoms with van der Waals surface area (Å²) >= 11 is 2.81. The lowest BCUT2D eigenvalue weighted by Crippen LogP contribution is -2.39. The van der Waals surface area contributed by atoms with Crippen molar-refractivity contribution in [2.24, 2.45) is 15.2 Å². The zero-order valence-electron chi connectivity index (χ0n) is 22.1. The summed E-state index contributed by atoms with van der Waals surface area (Å²) < 4.78 is 7.25. The van der Waals surface area contributed by atoms with Crippen molar-refractivity contribution < 1.29 is 14.6 Å². The predicted octanol–water partition coefficient (Wildman–Crippen LogP) is 5.64. The van der Waals surface area contributed by atoms with Crippen LogP contribution in [0.15, 0.2) is 109 Å². The highest BCUT2D eigenvalue weighted by Crippen LogP contribution is 2.32. The van der Waals surface area contributed by atoms with E-state index in [0.717, 1.165) is 10.5 Å². The molecular formula is C30H26N4O4S2. The fourth-order valence-electron chi connectivity index (χ4n) is 4.36. The van der Waals surface area contributed by atoms with Crippen LogP contribution in [-0.2, 0) is 9.53 Å². The number of azo groups is 1. The van der Waals surface area contributed by atoms with Crippen LogP contribution in [0.2, 0.25) is 0 Å². The van der Waals surface area contributed by atoms with Crippen LogP contribution < -0.4 is 14.9 Å². The average molecular weight is 571 g/mol. The molecule has 4 aromatic rings. The molecule has 0 saturated heterocycles. The second kappa shape index (κ2) is 11.8. The number of benzene rings is 3. The Hall–Kier alpha value is -4.28. The van der Waals surface area contributed by atoms with E-state index in [4.69, 9.17) is 4.74 Å². The van der Waals surface area contributed by atoms with E-state index in [1.54, 1.807) is 43.8 Å². The standard InChI is InChI=1S/C30H26N4O4S2/c1-4-38-29(37)26-18(2)31-30-34(27(26)19-11-14-23(39-3)15-12-19)28(36)25(40-30)16-20-10-13-22(17-24(20)35)33-32-21-8-6-5-7-9-21/h5-17,27,35H,4H2,1-3H3/b25-16-,33-32?/t27-/m0/s1. The van der Waals surface area contributed by atoms with E-state index in [2.05, 4.69) is 15.2 Å². The summed E-state index contributed by atoms with van der Waals surface area (Å²) in [4.78, 5) is 33.0. The number of phenolic OH excluding ortho intramolecular Hbond substituents is 1. The van der Waals surface area contributed by atoms with Gasteiger partial charge in [-0.2, -0.15) is 10.2 Å². The maximum absolute atomic E-state index is 13.8. The van der Waals surface area contributed by atoms with E-state index >= 15 is 0 Å². The number of carbonyl (C=O) groups is 1. The smallest absolute Gasteiger partial charge is 0.338 e. The molecular weight excluding hydrogens is 544 g/mol. The van der Waals surface area contributed by atoms with Gasteiger partial charge in [0.2, 0.25) is 0 Å². The Bertz CT molecular complexity index is 1810. The van der Waals surface area contributed by atoms with Crippen LogP contribution in [0, 0.1) is 0 Å². The number of hydrogen-bond acceptors (Lipinski definition) is 9. The number of nitrogens with zero attached hydrogens (tertiary/aromatic N) is 4. The van der Waals surface area contributed by atoms with Crippen molar-refractivity contribution in [3.63, 3.8) is 0 Å². The van der Waals surface area contributed by atoms with Gasteiger partial charge in [-0.15, -0.1) is 11.8 Å². The molecule has 0 saturated carbocycles. The summed E-state index contributed by atoms with van der Waals surface area (Å²) in [7, 11) is 0. The number of allylic oxidation sites excluding steroid dienone is 1. The second-order valence-corrected chi connectivity index (χ2v) is 10.7. The normalized spacial score (nSPS) is 15.3. The van der Waals surface area contributed by atoms with Gasteiger partial charge in [0, 0.05) is 16.5 Å². The number of fused-ring (bicyclic) bond motifs is 1. The molecule has 8 nitrogen and oxygen atoms in total. The predicted molar refractivity (Wildman–Crippen MR) is 157 cm³/mol. The lowest BCUT2D eigenvalue weighted by Gasteiger charge is -2.24. The zero-order valence-corrected chi connectivity index (χ0v) is 23.7. The van der Waals surface area contributed by atoms with Crippen molar-refractivity contribution >= 4 is 46.5 Å². The largest absolute Gasteiger partial charge is 0.507 e. The van der Waals surface area contributed by atoms with Crippen molar-refractivity contribution in [1.29, 1.82) is 0 Å². The Morgan fingerprint density at radius 3 is 2.50 bits per heavy atom. The molecule has 0 fully saturated rings. The number of thiazole rings is 1. The number of aromatic nitrogens is 1. The molecule has 0 aliphatic carbocycles. The first-order valence-corrected chi connectivity index (χ1v) is 14.6. The van der Waals surface area contributed by atoms with Crippen molar-refractivity contribution in [3.8, 4) is 5.75 Å². The SMILES string of the molecule is CCOC(=O)C1=C(C)N=c2s/c(=C\c3ccc(N=Nc4ccccc4)cc3O)c(=O)n2[C@H]1c1ccc(SC)cc1. The molecule has 1 aromatic heterocycles. The van der Waals surface area contributed by atoms with Crippen LogP contribution in [0.1, 0.15) is 31.0 Å². The topological polar surface area (TPSA) is 106 Å². The summed E-state index contributed by atoms with van der Waals surface area (Å²) in [5.41, 5.74) is 2.91. The second-order valence-electron chi connectivity index (χ2n) is 8.85. The minimum absolute atomic E-state index is 0.0389. The van der Waals surface area contributed by atoms with Crippen LogP contribution in [0.4, 0.5) is 11.4 Å². The first-order valence-electron chi connectivity index (χ1n) is 12.5. The van der Waals surface area contributed by atoms with Crippen LogP contribution >= 0.6 is 23.1 Å². The first-order chi connectivity index (χ1) is 19.4. The van der Waals surface area contributed by atoms with Crippen molar-refractivity contribution in [2.45, 2.75) is 24.8 Å². The Morgan fingerprint density at radius 1 is 1.10 bits per heavy atom. The molecule has 202 valence electrons.